The van der Waals surface area contributed by atoms with Crippen molar-refractivity contribution in [3.63, 3.8) is 0 Å². The lowest BCUT2D eigenvalue weighted by Crippen LogP contribution is -2.23. The molecule has 0 saturated carbocycles. The average Bonchev–Trinajstić information content (AvgIpc) is 3.12. The summed E-state index contributed by atoms with van der Waals surface area (Å²) in [6, 6.07) is 6.09. The molecule has 2 aromatic heterocycles. The second-order valence-electron chi connectivity index (χ2n) is 6.06. The van der Waals surface area contributed by atoms with Crippen molar-refractivity contribution in [1.29, 1.82) is 0 Å². The van der Waals surface area contributed by atoms with E-state index in [1.165, 1.54) is 17.9 Å². The SMILES string of the molecule is CCc1ccc(C(C(=O)OC)n2cc(-c3cc(=O)[nH]c(C)n3)cn2)c(Cl)c1. The topological polar surface area (TPSA) is 89.9 Å². The number of halogens is 1. The predicted molar refractivity (Wildman–Crippen MR) is 102 cm³/mol. The lowest BCUT2D eigenvalue weighted by molar-refractivity contribution is -0.143. The minimum Gasteiger partial charge on any atom is -0.467 e. The Morgan fingerprint density at radius 2 is 2.15 bits per heavy atom. The molecule has 2 heterocycles. The summed E-state index contributed by atoms with van der Waals surface area (Å²) in [5.41, 5.74) is 2.48. The molecule has 7 nitrogen and oxygen atoms in total. The van der Waals surface area contributed by atoms with E-state index in [4.69, 9.17) is 16.3 Å². The highest BCUT2D eigenvalue weighted by atomic mass is 35.5. The van der Waals surface area contributed by atoms with Gasteiger partial charge in [0.05, 0.1) is 19.0 Å². The van der Waals surface area contributed by atoms with Gasteiger partial charge in [-0.15, -0.1) is 0 Å². The summed E-state index contributed by atoms with van der Waals surface area (Å²) in [5, 5.41) is 4.75. The number of methoxy groups -OCH3 is 1. The molecule has 8 heteroatoms. The summed E-state index contributed by atoms with van der Waals surface area (Å²) >= 11 is 6.41. The monoisotopic (exact) mass is 386 g/mol. The first-order valence-electron chi connectivity index (χ1n) is 8.41. The molecule has 0 bridgehead atoms. The van der Waals surface area contributed by atoms with Crippen LogP contribution in [0.25, 0.3) is 11.3 Å². The van der Waals surface area contributed by atoms with Crippen LogP contribution in [0, 0.1) is 6.92 Å². The fourth-order valence-corrected chi connectivity index (χ4v) is 3.15. The van der Waals surface area contributed by atoms with Crippen molar-refractivity contribution in [2.24, 2.45) is 0 Å². The van der Waals surface area contributed by atoms with Gasteiger partial charge >= 0.3 is 5.97 Å². The Labute approximate surface area is 161 Å². The van der Waals surface area contributed by atoms with Crippen LogP contribution < -0.4 is 5.56 Å². The fraction of sp³-hybridized carbons (Fsp3) is 0.263. The van der Waals surface area contributed by atoms with Crippen LogP contribution in [0.4, 0.5) is 0 Å². The Balaban J connectivity index is 2.06. The van der Waals surface area contributed by atoms with E-state index < -0.39 is 12.0 Å². The Morgan fingerprint density at radius 3 is 2.78 bits per heavy atom. The van der Waals surface area contributed by atoms with Crippen LogP contribution in [-0.2, 0) is 16.0 Å². The van der Waals surface area contributed by atoms with Crippen LogP contribution in [0.3, 0.4) is 0 Å². The average molecular weight is 387 g/mol. The molecule has 1 unspecified atom stereocenters. The minimum absolute atomic E-state index is 0.257. The second kappa shape index (κ2) is 7.75. The molecule has 1 N–H and O–H groups in total. The zero-order chi connectivity index (χ0) is 19.6. The Kier molecular flexibility index (Phi) is 5.41. The predicted octanol–water partition coefficient (Wildman–Crippen LogP) is 2.92. The number of H-pyrrole nitrogens is 1. The molecule has 0 amide bonds. The number of nitrogens with one attached hydrogen (secondary N) is 1. The summed E-state index contributed by atoms with van der Waals surface area (Å²) < 4.78 is 6.42. The van der Waals surface area contributed by atoms with Crippen LogP contribution in [-0.4, -0.2) is 32.8 Å². The third-order valence-electron chi connectivity index (χ3n) is 4.21. The van der Waals surface area contributed by atoms with Gasteiger partial charge in [-0.2, -0.15) is 5.10 Å². The van der Waals surface area contributed by atoms with Gasteiger partial charge < -0.3 is 9.72 Å². The van der Waals surface area contributed by atoms with Gasteiger partial charge in [0.2, 0.25) is 0 Å². The van der Waals surface area contributed by atoms with Crippen LogP contribution in [0.1, 0.15) is 29.9 Å². The van der Waals surface area contributed by atoms with Crippen molar-refractivity contribution in [3.8, 4) is 11.3 Å². The lowest BCUT2D eigenvalue weighted by Gasteiger charge is -2.17. The molecular formula is C19H19ClN4O3. The number of aromatic amines is 1. The van der Waals surface area contributed by atoms with Gasteiger partial charge in [0.15, 0.2) is 6.04 Å². The number of esters is 1. The number of aromatic nitrogens is 4. The van der Waals surface area contributed by atoms with Crippen molar-refractivity contribution in [2.45, 2.75) is 26.3 Å². The van der Waals surface area contributed by atoms with Gasteiger partial charge in [0, 0.05) is 28.4 Å². The molecule has 1 atom stereocenters. The van der Waals surface area contributed by atoms with E-state index in [-0.39, 0.29) is 5.56 Å². The number of nitrogens with zero attached hydrogens (tertiary/aromatic N) is 3. The summed E-state index contributed by atoms with van der Waals surface area (Å²) in [7, 11) is 1.32. The van der Waals surface area contributed by atoms with Crippen LogP contribution in [0.2, 0.25) is 5.02 Å². The third kappa shape index (κ3) is 3.93. The van der Waals surface area contributed by atoms with E-state index in [2.05, 4.69) is 15.1 Å². The highest BCUT2D eigenvalue weighted by molar-refractivity contribution is 6.31. The van der Waals surface area contributed by atoms with E-state index >= 15 is 0 Å². The number of rotatable bonds is 5. The van der Waals surface area contributed by atoms with E-state index in [1.807, 2.05) is 19.1 Å². The molecule has 3 aromatic rings. The summed E-state index contributed by atoms with van der Waals surface area (Å²) in [4.78, 5) is 31.1. The number of carbonyl (C=O) groups excluding carboxylic acids is 1. The highest BCUT2D eigenvalue weighted by Crippen LogP contribution is 2.29. The van der Waals surface area contributed by atoms with Crippen molar-refractivity contribution in [3.05, 3.63) is 69.0 Å². The molecule has 0 saturated heterocycles. The maximum atomic E-state index is 12.5. The van der Waals surface area contributed by atoms with Crippen molar-refractivity contribution < 1.29 is 9.53 Å². The van der Waals surface area contributed by atoms with Crippen LogP contribution in [0.15, 0.2) is 41.5 Å². The molecule has 0 aliphatic carbocycles. The maximum absolute atomic E-state index is 12.5. The second-order valence-corrected chi connectivity index (χ2v) is 6.47. The molecule has 0 aliphatic rings. The quantitative estimate of drug-likeness (QED) is 0.681. The van der Waals surface area contributed by atoms with E-state index in [9.17, 15) is 9.59 Å². The molecular weight excluding hydrogens is 368 g/mol. The molecule has 0 spiro atoms. The van der Waals surface area contributed by atoms with Gasteiger partial charge in [-0.25, -0.2) is 9.78 Å². The fourth-order valence-electron chi connectivity index (χ4n) is 2.84. The molecule has 1 aromatic carbocycles. The summed E-state index contributed by atoms with van der Waals surface area (Å²) in [6.45, 7) is 3.72. The molecule has 140 valence electrons. The van der Waals surface area contributed by atoms with Crippen molar-refractivity contribution in [2.75, 3.05) is 7.11 Å². The standard InChI is InChI=1S/C19H19ClN4O3/c1-4-12-5-6-14(15(20)7-12)18(19(26)27-3)24-10-13(9-21-24)16-8-17(25)23-11(2)22-16/h5-10,18H,4H2,1-3H3,(H,22,23,25). The van der Waals surface area contributed by atoms with Crippen molar-refractivity contribution >= 4 is 17.6 Å². The van der Waals surface area contributed by atoms with Gasteiger partial charge in [0.25, 0.3) is 5.56 Å². The third-order valence-corrected chi connectivity index (χ3v) is 4.54. The van der Waals surface area contributed by atoms with Gasteiger partial charge in [0.1, 0.15) is 5.82 Å². The number of hydrogen-bond donors (Lipinski definition) is 1. The number of benzene rings is 1. The number of ether oxygens (including phenoxy) is 1. The largest absolute Gasteiger partial charge is 0.467 e. The summed E-state index contributed by atoms with van der Waals surface area (Å²) in [6.07, 6.45) is 4.03. The van der Waals surface area contributed by atoms with E-state index in [1.54, 1.807) is 25.4 Å². The highest BCUT2D eigenvalue weighted by Gasteiger charge is 2.27. The molecule has 0 fully saturated rings. The number of aryl methyl sites for hydroxylation is 2. The molecule has 0 radical (unpaired) electrons. The zero-order valence-electron chi connectivity index (χ0n) is 15.2. The van der Waals surface area contributed by atoms with E-state index in [0.717, 1.165) is 12.0 Å². The van der Waals surface area contributed by atoms with Crippen molar-refractivity contribution in [1.82, 2.24) is 19.7 Å². The normalized spacial score (nSPS) is 12.0. The van der Waals surface area contributed by atoms with Gasteiger partial charge in [-0.1, -0.05) is 30.7 Å². The Hall–Kier alpha value is -2.93. The Morgan fingerprint density at radius 1 is 1.37 bits per heavy atom. The lowest BCUT2D eigenvalue weighted by atomic mass is 10.0. The zero-order valence-corrected chi connectivity index (χ0v) is 15.9. The minimum atomic E-state index is -0.842. The maximum Gasteiger partial charge on any atom is 0.335 e. The van der Waals surface area contributed by atoms with Gasteiger partial charge in [-0.3, -0.25) is 9.48 Å². The first-order valence-corrected chi connectivity index (χ1v) is 8.79. The van der Waals surface area contributed by atoms with Crippen LogP contribution >= 0.6 is 11.6 Å². The number of hydrogen-bond acceptors (Lipinski definition) is 5. The molecule has 3 rings (SSSR count). The number of carbonyl (C=O) groups is 1. The summed E-state index contributed by atoms with van der Waals surface area (Å²) in [5.74, 6) is -0.00110. The smallest absolute Gasteiger partial charge is 0.335 e. The van der Waals surface area contributed by atoms with E-state index in [0.29, 0.717) is 27.7 Å². The Bertz CT molecular complexity index is 1040. The van der Waals surface area contributed by atoms with Crippen LogP contribution in [0.5, 0.6) is 0 Å². The van der Waals surface area contributed by atoms with Gasteiger partial charge in [-0.05, 0) is 25.0 Å². The first kappa shape index (κ1) is 18.8. The first-order chi connectivity index (χ1) is 12.9. The molecule has 27 heavy (non-hydrogen) atoms. The molecule has 0 aliphatic heterocycles.